The monoisotopic (exact) mass is 261 g/mol. The summed E-state index contributed by atoms with van der Waals surface area (Å²) < 4.78 is 6.78. The maximum atomic E-state index is 9.42. The predicted octanol–water partition coefficient (Wildman–Crippen LogP) is 1.14. The zero-order valence-corrected chi connectivity index (χ0v) is 11.0. The lowest BCUT2D eigenvalue weighted by Crippen LogP contribution is -2.27. The fraction of sp³-hybridized carbons (Fsp3) is 0.357. The van der Waals surface area contributed by atoms with Crippen molar-refractivity contribution in [2.24, 2.45) is 0 Å². The van der Waals surface area contributed by atoms with E-state index < -0.39 is 0 Å². The Kier molecular flexibility index (Phi) is 5.09. The zero-order chi connectivity index (χ0) is 13.5. The van der Waals surface area contributed by atoms with E-state index in [4.69, 9.17) is 4.74 Å². The molecular weight excluding hydrogens is 242 g/mol. The van der Waals surface area contributed by atoms with Gasteiger partial charge in [-0.2, -0.15) is 5.10 Å². The lowest BCUT2D eigenvalue weighted by molar-refractivity contribution is 0.184. The van der Waals surface area contributed by atoms with Crippen molar-refractivity contribution in [3.63, 3.8) is 0 Å². The fourth-order valence-corrected chi connectivity index (χ4v) is 1.86. The summed E-state index contributed by atoms with van der Waals surface area (Å²) in [6.45, 7) is 1.34. The number of nitrogens with one attached hydrogen (secondary N) is 1. The number of methoxy groups -OCH3 is 1. The first-order valence-electron chi connectivity index (χ1n) is 6.28. The van der Waals surface area contributed by atoms with E-state index in [0.29, 0.717) is 13.2 Å². The molecule has 5 nitrogen and oxygen atoms in total. The van der Waals surface area contributed by atoms with Crippen LogP contribution in [0.2, 0.25) is 0 Å². The highest BCUT2D eigenvalue weighted by molar-refractivity contribution is 5.31. The van der Waals surface area contributed by atoms with Crippen molar-refractivity contribution >= 4 is 0 Å². The third-order valence-corrected chi connectivity index (χ3v) is 2.91. The Balaban J connectivity index is 2.06. The zero-order valence-electron chi connectivity index (χ0n) is 11.0. The molecule has 2 rings (SSSR count). The molecule has 102 valence electrons. The number of ether oxygens (including phenoxy) is 1. The van der Waals surface area contributed by atoms with E-state index in [9.17, 15) is 5.11 Å². The molecular formula is C14H19N3O2. The number of para-hydroxylation sites is 1. The van der Waals surface area contributed by atoms with Crippen molar-refractivity contribution in [3.8, 4) is 5.69 Å². The van der Waals surface area contributed by atoms with Gasteiger partial charge in [0, 0.05) is 25.4 Å². The van der Waals surface area contributed by atoms with Gasteiger partial charge in [0.15, 0.2) is 0 Å². The van der Waals surface area contributed by atoms with E-state index >= 15 is 0 Å². The van der Waals surface area contributed by atoms with Crippen LogP contribution in [0, 0.1) is 0 Å². The van der Waals surface area contributed by atoms with Gasteiger partial charge in [-0.15, -0.1) is 0 Å². The van der Waals surface area contributed by atoms with Gasteiger partial charge >= 0.3 is 0 Å². The smallest absolute Gasteiger partial charge is 0.0645 e. The Morgan fingerprint density at radius 1 is 1.37 bits per heavy atom. The lowest BCUT2D eigenvalue weighted by Gasteiger charge is -2.13. The van der Waals surface area contributed by atoms with Gasteiger partial charge in [0.05, 0.1) is 31.1 Å². The Bertz CT molecular complexity index is 484. The molecule has 0 aliphatic carbocycles. The van der Waals surface area contributed by atoms with Crippen LogP contribution in [-0.2, 0) is 4.74 Å². The average Bonchev–Trinajstić information content (AvgIpc) is 2.94. The summed E-state index contributed by atoms with van der Waals surface area (Å²) in [5.41, 5.74) is 1.96. The number of hydrogen-bond donors (Lipinski definition) is 2. The summed E-state index contributed by atoms with van der Waals surface area (Å²) in [5.74, 6) is 0. The van der Waals surface area contributed by atoms with Crippen LogP contribution >= 0.6 is 0 Å². The van der Waals surface area contributed by atoms with Gasteiger partial charge in [-0.3, -0.25) is 0 Å². The van der Waals surface area contributed by atoms with Crippen LogP contribution in [0.5, 0.6) is 0 Å². The summed E-state index contributed by atoms with van der Waals surface area (Å²) in [4.78, 5) is 0. The lowest BCUT2D eigenvalue weighted by atomic mass is 10.2. The molecule has 1 aromatic carbocycles. The standard InChI is InChI=1S/C14H19N3O2/c1-19-8-7-15-14(11-18)12-9-16-17(10-12)13-5-3-2-4-6-13/h2-6,9-10,14-15,18H,7-8,11H2,1H3. The second-order valence-electron chi connectivity index (χ2n) is 4.24. The van der Waals surface area contributed by atoms with Crippen molar-refractivity contribution in [2.75, 3.05) is 26.9 Å². The predicted molar refractivity (Wildman–Crippen MR) is 73.3 cm³/mol. The number of aliphatic hydroxyl groups excluding tert-OH is 1. The molecule has 0 saturated carbocycles. The third-order valence-electron chi connectivity index (χ3n) is 2.91. The van der Waals surface area contributed by atoms with Crippen LogP contribution in [0.25, 0.3) is 5.69 Å². The largest absolute Gasteiger partial charge is 0.394 e. The second-order valence-corrected chi connectivity index (χ2v) is 4.24. The van der Waals surface area contributed by atoms with Gasteiger partial charge in [-0.1, -0.05) is 18.2 Å². The quantitative estimate of drug-likeness (QED) is 0.734. The third kappa shape index (κ3) is 3.64. The molecule has 0 saturated heterocycles. The Morgan fingerprint density at radius 3 is 2.84 bits per heavy atom. The molecule has 19 heavy (non-hydrogen) atoms. The minimum atomic E-state index is -0.118. The number of nitrogens with zero attached hydrogens (tertiary/aromatic N) is 2. The van der Waals surface area contributed by atoms with Crippen molar-refractivity contribution in [1.82, 2.24) is 15.1 Å². The first-order valence-corrected chi connectivity index (χ1v) is 6.28. The van der Waals surface area contributed by atoms with E-state index in [0.717, 1.165) is 11.3 Å². The highest BCUT2D eigenvalue weighted by Gasteiger charge is 2.12. The molecule has 2 N–H and O–H groups in total. The summed E-state index contributed by atoms with van der Waals surface area (Å²) in [6.07, 6.45) is 3.70. The summed E-state index contributed by atoms with van der Waals surface area (Å²) in [6, 6.07) is 9.77. The van der Waals surface area contributed by atoms with Crippen LogP contribution < -0.4 is 5.32 Å². The molecule has 2 aromatic rings. The van der Waals surface area contributed by atoms with E-state index in [1.54, 1.807) is 18.0 Å². The molecule has 1 heterocycles. The topological polar surface area (TPSA) is 59.3 Å². The van der Waals surface area contributed by atoms with E-state index in [-0.39, 0.29) is 12.6 Å². The summed E-state index contributed by atoms with van der Waals surface area (Å²) in [7, 11) is 1.66. The number of aromatic nitrogens is 2. The van der Waals surface area contributed by atoms with Crippen molar-refractivity contribution < 1.29 is 9.84 Å². The molecule has 0 aliphatic heterocycles. The van der Waals surface area contributed by atoms with Gasteiger partial charge in [-0.05, 0) is 12.1 Å². The Hall–Kier alpha value is -1.69. The first kappa shape index (κ1) is 13.7. The number of rotatable bonds is 7. The molecule has 1 aromatic heterocycles. The van der Waals surface area contributed by atoms with Crippen LogP contribution in [0.3, 0.4) is 0 Å². The van der Waals surface area contributed by atoms with E-state index in [2.05, 4.69) is 10.4 Å². The molecule has 0 radical (unpaired) electrons. The molecule has 1 atom stereocenters. The summed E-state index contributed by atoms with van der Waals surface area (Å²) in [5, 5.41) is 17.0. The first-order chi connectivity index (χ1) is 9.35. The Morgan fingerprint density at radius 2 is 2.16 bits per heavy atom. The van der Waals surface area contributed by atoms with Crippen molar-refractivity contribution in [1.29, 1.82) is 0 Å². The molecule has 1 unspecified atom stereocenters. The molecule has 0 bridgehead atoms. The van der Waals surface area contributed by atoms with Gasteiger partial charge in [-0.25, -0.2) is 4.68 Å². The van der Waals surface area contributed by atoms with E-state index in [1.807, 2.05) is 36.5 Å². The number of hydrogen-bond acceptors (Lipinski definition) is 4. The normalized spacial score (nSPS) is 12.5. The maximum absolute atomic E-state index is 9.42. The van der Waals surface area contributed by atoms with Gasteiger partial charge < -0.3 is 15.2 Å². The number of benzene rings is 1. The molecule has 0 amide bonds. The second kappa shape index (κ2) is 7.04. The summed E-state index contributed by atoms with van der Waals surface area (Å²) >= 11 is 0. The Labute approximate surface area is 112 Å². The SMILES string of the molecule is COCCNC(CO)c1cnn(-c2ccccc2)c1. The molecule has 5 heteroatoms. The van der Waals surface area contributed by atoms with E-state index in [1.165, 1.54) is 0 Å². The molecule has 0 fully saturated rings. The number of aliphatic hydroxyl groups is 1. The highest BCUT2D eigenvalue weighted by Crippen LogP contribution is 2.14. The average molecular weight is 261 g/mol. The van der Waals surface area contributed by atoms with Crippen LogP contribution in [0.1, 0.15) is 11.6 Å². The van der Waals surface area contributed by atoms with Crippen molar-refractivity contribution in [3.05, 3.63) is 48.3 Å². The maximum Gasteiger partial charge on any atom is 0.0645 e. The fourth-order valence-electron chi connectivity index (χ4n) is 1.86. The van der Waals surface area contributed by atoms with Crippen LogP contribution in [0.15, 0.2) is 42.7 Å². The van der Waals surface area contributed by atoms with Gasteiger partial charge in [0.25, 0.3) is 0 Å². The van der Waals surface area contributed by atoms with Crippen molar-refractivity contribution in [2.45, 2.75) is 6.04 Å². The minimum Gasteiger partial charge on any atom is -0.394 e. The van der Waals surface area contributed by atoms with Gasteiger partial charge in [0.1, 0.15) is 0 Å². The van der Waals surface area contributed by atoms with Crippen LogP contribution in [0.4, 0.5) is 0 Å². The molecule has 0 spiro atoms. The van der Waals surface area contributed by atoms with Gasteiger partial charge in [0.2, 0.25) is 0 Å². The minimum absolute atomic E-state index is 0.0319. The highest BCUT2D eigenvalue weighted by atomic mass is 16.5. The molecule has 0 aliphatic rings. The van der Waals surface area contributed by atoms with Crippen LogP contribution in [-0.4, -0.2) is 41.8 Å².